The van der Waals surface area contributed by atoms with Crippen molar-refractivity contribution in [1.29, 1.82) is 0 Å². The number of carboxylic acid groups (broad SMARTS) is 1. The van der Waals surface area contributed by atoms with Crippen molar-refractivity contribution in [3.05, 3.63) is 23.8 Å². The van der Waals surface area contributed by atoms with Crippen LogP contribution in [0.4, 0.5) is 5.69 Å². The summed E-state index contributed by atoms with van der Waals surface area (Å²) in [4.78, 5) is 13.0. The van der Waals surface area contributed by atoms with E-state index in [1.807, 2.05) is 17.9 Å². The Bertz CT molecular complexity index is 418. The molecule has 0 saturated carbocycles. The largest absolute Gasteiger partial charge is 0.508 e. The van der Waals surface area contributed by atoms with Gasteiger partial charge in [-0.2, -0.15) is 0 Å². The standard InChI is InChI=1S/C14H21NO3/c1-4-5-8-15(11(3)14(17)18)12-6-7-13(16)10(2)9-12/h6-7,9,11,16H,4-5,8H2,1-3H3,(H,17,18). The Morgan fingerprint density at radius 1 is 1.44 bits per heavy atom. The van der Waals surface area contributed by atoms with Gasteiger partial charge in [0.05, 0.1) is 0 Å². The molecule has 0 aliphatic carbocycles. The summed E-state index contributed by atoms with van der Waals surface area (Å²) < 4.78 is 0. The summed E-state index contributed by atoms with van der Waals surface area (Å²) in [5, 5.41) is 18.7. The highest BCUT2D eigenvalue weighted by Crippen LogP contribution is 2.25. The first-order valence-electron chi connectivity index (χ1n) is 6.26. The SMILES string of the molecule is CCCCN(c1ccc(O)c(C)c1)C(C)C(=O)O. The summed E-state index contributed by atoms with van der Waals surface area (Å²) in [7, 11) is 0. The maximum Gasteiger partial charge on any atom is 0.326 e. The van der Waals surface area contributed by atoms with E-state index < -0.39 is 12.0 Å². The molecule has 100 valence electrons. The number of carboxylic acids is 1. The van der Waals surface area contributed by atoms with Crippen molar-refractivity contribution in [3.63, 3.8) is 0 Å². The van der Waals surface area contributed by atoms with Gasteiger partial charge in [0.2, 0.25) is 0 Å². The van der Waals surface area contributed by atoms with Crippen molar-refractivity contribution in [2.75, 3.05) is 11.4 Å². The van der Waals surface area contributed by atoms with Crippen molar-refractivity contribution >= 4 is 11.7 Å². The molecule has 2 N–H and O–H groups in total. The molecule has 1 atom stereocenters. The molecule has 0 amide bonds. The van der Waals surface area contributed by atoms with Crippen LogP contribution in [-0.4, -0.2) is 28.8 Å². The van der Waals surface area contributed by atoms with E-state index in [1.54, 1.807) is 19.1 Å². The molecule has 0 aliphatic rings. The number of aromatic hydroxyl groups is 1. The van der Waals surface area contributed by atoms with Gasteiger partial charge in [0.15, 0.2) is 0 Å². The summed E-state index contributed by atoms with van der Waals surface area (Å²) in [5.74, 6) is -0.603. The monoisotopic (exact) mass is 251 g/mol. The molecule has 0 spiro atoms. The first-order valence-corrected chi connectivity index (χ1v) is 6.26. The minimum Gasteiger partial charge on any atom is -0.508 e. The molecule has 0 aromatic heterocycles. The lowest BCUT2D eigenvalue weighted by Crippen LogP contribution is -2.39. The molecule has 1 aromatic carbocycles. The lowest BCUT2D eigenvalue weighted by atomic mass is 10.1. The number of anilines is 1. The number of carbonyl (C=O) groups is 1. The van der Waals surface area contributed by atoms with E-state index in [2.05, 4.69) is 6.92 Å². The molecule has 4 nitrogen and oxygen atoms in total. The van der Waals surface area contributed by atoms with Crippen LogP contribution in [0.3, 0.4) is 0 Å². The summed E-state index contributed by atoms with van der Waals surface area (Å²) >= 11 is 0. The van der Waals surface area contributed by atoms with Gasteiger partial charge in [-0.05, 0) is 44.0 Å². The topological polar surface area (TPSA) is 60.8 Å². The summed E-state index contributed by atoms with van der Waals surface area (Å²) in [6, 6.07) is 4.63. The Kier molecular flexibility index (Phi) is 5.01. The van der Waals surface area contributed by atoms with Gasteiger partial charge in [-0.25, -0.2) is 4.79 Å². The molecular formula is C14H21NO3. The highest BCUT2D eigenvalue weighted by molar-refractivity contribution is 5.77. The highest BCUT2D eigenvalue weighted by atomic mass is 16.4. The number of benzene rings is 1. The Hall–Kier alpha value is -1.71. The van der Waals surface area contributed by atoms with Crippen molar-refractivity contribution in [2.24, 2.45) is 0 Å². The predicted octanol–water partition coefficient (Wildman–Crippen LogP) is 2.78. The van der Waals surface area contributed by atoms with E-state index >= 15 is 0 Å². The van der Waals surface area contributed by atoms with E-state index in [4.69, 9.17) is 5.11 Å². The van der Waals surface area contributed by atoms with Crippen molar-refractivity contribution in [2.45, 2.75) is 39.7 Å². The fraction of sp³-hybridized carbons (Fsp3) is 0.500. The molecular weight excluding hydrogens is 230 g/mol. The average molecular weight is 251 g/mol. The van der Waals surface area contributed by atoms with Gasteiger partial charge in [-0.3, -0.25) is 0 Å². The van der Waals surface area contributed by atoms with Crippen LogP contribution in [0.25, 0.3) is 0 Å². The van der Waals surface area contributed by atoms with Crippen LogP contribution in [0.5, 0.6) is 5.75 Å². The molecule has 0 fully saturated rings. The van der Waals surface area contributed by atoms with Gasteiger partial charge in [0.1, 0.15) is 11.8 Å². The second kappa shape index (κ2) is 6.28. The van der Waals surface area contributed by atoms with Gasteiger partial charge < -0.3 is 15.1 Å². The van der Waals surface area contributed by atoms with Crippen LogP contribution in [0.1, 0.15) is 32.3 Å². The van der Waals surface area contributed by atoms with Gasteiger partial charge in [0.25, 0.3) is 0 Å². The van der Waals surface area contributed by atoms with E-state index in [0.29, 0.717) is 6.54 Å². The molecule has 0 aliphatic heterocycles. The second-order valence-electron chi connectivity index (χ2n) is 4.53. The zero-order chi connectivity index (χ0) is 13.7. The number of phenolic OH excluding ortho intramolecular Hbond substituents is 1. The maximum absolute atomic E-state index is 11.1. The third-order valence-electron chi connectivity index (χ3n) is 3.09. The van der Waals surface area contributed by atoms with Gasteiger partial charge in [-0.15, -0.1) is 0 Å². The first-order chi connectivity index (χ1) is 8.47. The normalized spacial score (nSPS) is 12.2. The Labute approximate surface area is 108 Å². The van der Waals surface area contributed by atoms with Crippen molar-refractivity contribution in [3.8, 4) is 5.75 Å². The van der Waals surface area contributed by atoms with Gasteiger partial charge in [0, 0.05) is 12.2 Å². The predicted molar refractivity (Wildman–Crippen MR) is 72.2 cm³/mol. The molecule has 4 heteroatoms. The van der Waals surface area contributed by atoms with Gasteiger partial charge >= 0.3 is 5.97 Å². The minimum atomic E-state index is -0.836. The lowest BCUT2D eigenvalue weighted by molar-refractivity contribution is -0.138. The molecule has 1 rings (SSSR count). The van der Waals surface area contributed by atoms with E-state index in [0.717, 1.165) is 24.1 Å². The highest BCUT2D eigenvalue weighted by Gasteiger charge is 2.20. The number of hydrogen-bond donors (Lipinski definition) is 2. The van der Waals surface area contributed by atoms with E-state index in [9.17, 15) is 9.90 Å². The van der Waals surface area contributed by atoms with Crippen LogP contribution in [0, 0.1) is 6.92 Å². The van der Waals surface area contributed by atoms with Crippen molar-refractivity contribution < 1.29 is 15.0 Å². The van der Waals surface area contributed by atoms with Crippen LogP contribution < -0.4 is 4.90 Å². The summed E-state index contributed by atoms with van der Waals surface area (Å²) in [6.45, 7) is 6.27. The molecule has 1 unspecified atom stereocenters. The Balaban J connectivity index is 3.00. The smallest absolute Gasteiger partial charge is 0.326 e. The molecule has 0 saturated heterocycles. The third-order valence-corrected chi connectivity index (χ3v) is 3.09. The van der Waals surface area contributed by atoms with Gasteiger partial charge in [-0.1, -0.05) is 13.3 Å². The number of nitrogens with zero attached hydrogens (tertiary/aromatic N) is 1. The number of hydrogen-bond acceptors (Lipinski definition) is 3. The number of aryl methyl sites for hydroxylation is 1. The van der Waals surface area contributed by atoms with Crippen LogP contribution >= 0.6 is 0 Å². The van der Waals surface area contributed by atoms with Crippen LogP contribution in [0.2, 0.25) is 0 Å². The number of aliphatic carboxylic acids is 1. The molecule has 0 heterocycles. The fourth-order valence-corrected chi connectivity index (χ4v) is 1.83. The van der Waals surface area contributed by atoms with E-state index in [1.165, 1.54) is 0 Å². The Morgan fingerprint density at radius 2 is 2.11 bits per heavy atom. The third kappa shape index (κ3) is 3.39. The Morgan fingerprint density at radius 3 is 2.61 bits per heavy atom. The second-order valence-corrected chi connectivity index (χ2v) is 4.53. The summed E-state index contributed by atoms with van der Waals surface area (Å²) in [6.07, 6.45) is 1.96. The summed E-state index contributed by atoms with van der Waals surface area (Å²) in [5.41, 5.74) is 1.60. The van der Waals surface area contributed by atoms with Crippen LogP contribution in [-0.2, 0) is 4.79 Å². The number of phenols is 1. The quantitative estimate of drug-likeness (QED) is 0.816. The zero-order valence-corrected chi connectivity index (χ0v) is 11.2. The number of rotatable bonds is 6. The molecule has 1 aromatic rings. The molecule has 0 bridgehead atoms. The maximum atomic E-state index is 11.1. The minimum absolute atomic E-state index is 0.233. The first kappa shape index (κ1) is 14.4. The lowest BCUT2D eigenvalue weighted by Gasteiger charge is -2.29. The fourth-order valence-electron chi connectivity index (χ4n) is 1.83. The molecule has 0 radical (unpaired) electrons. The average Bonchev–Trinajstić information content (AvgIpc) is 2.33. The number of unbranched alkanes of at least 4 members (excludes halogenated alkanes) is 1. The van der Waals surface area contributed by atoms with Crippen molar-refractivity contribution in [1.82, 2.24) is 0 Å². The van der Waals surface area contributed by atoms with E-state index in [-0.39, 0.29) is 5.75 Å². The van der Waals surface area contributed by atoms with Crippen LogP contribution in [0.15, 0.2) is 18.2 Å². The zero-order valence-electron chi connectivity index (χ0n) is 11.2. The molecule has 18 heavy (non-hydrogen) atoms.